The molecule has 0 spiro atoms. The fourth-order valence-electron chi connectivity index (χ4n) is 1.72. The van der Waals surface area contributed by atoms with Crippen LogP contribution in [-0.2, 0) is 13.3 Å². The molecular weight excluding hydrogens is 294 g/mol. The van der Waals surface area contributed by atoms with Crippen molar-refractivity contribution in [2.75, 3.05) is 37.9 Å². The molecule has 0 amide bonds. The minimum atomic E-state index is -2.74. The van der Waals surface area contributed by atoms with Gasteiger partial charge in [0.15, 0.2) is 0 Å². The Morgan fingerprint density at radius 2 is 1.33 bits per heavy atom. The molecule has 0 unspecified atom stereocenters. The Kier molecular flexibility index (Phi) is 7.29. The van der Waals surface area contributed by atoms with Gasteiger partial charge in [-0.15, -0.1) is 0 Å². The van der Waals surface area contributed by atoms with Crippen LogP contribution in [0.1, 0.15) is 20.8 Å². The van der Waals surface area contributed by atoms with E-state index in [9.17, 15) is 0 Å². The van der Waals surface area contributed by atoms with Crippen molar-refractivity contribution in [2.45, 2.75) is 26.8 Å². The number of hydrogen-bond donors (Lipinski definition) is 2. The summed E-state index contributed by atoms with van der Waals surface area (Å²) in [6, 6.07) is 0.556. The summed E-state index contributed by atoms with van der Waals surface area (Å²) in [6.07, 6.45) is 0. The number of nitrogen functional groups attached to an aromatic ring is 2. The minimum absolute atomic E-state index is 0.0143. The maximum Gasteiger partial charge on any atom is 0.504 e. The highest BCUT2D eigenvalue weighted by atomic mass is 28.4. The summed E-state index contributed by atoms with van der Waals surface area (Å²) in [7, 11) is -2.74. The van der Waals surface area contributed by atoms with E-state index in [4.69, 9.17) is 29.5 Å². The Bertz CT molecular complexity index is 400. The molecule has 21 heavy (non-hydrogen) atoms. The van der Waals surface area contributed by atoms with Gasteiger partial charge >= 0.3 is 14.8 Å². The van der Waals surface area contributed by atoms with Gasteiger partial charge in [0.1, 0.15) is 0 Å². The standard InChI is InChI=1S/C11H23N5O4Si/c1-4-18-21(19-5-2,20-6-3)8-7-17-11-15-9(12)14-10(13)16-11/h4-8H2,1-3H3,(H4,12,13,14,15,16). The largest absolute Gasteiger partial charge is 0.504 e. The van der Waals surface area contributed by atoms with Crippen molar-refractivity contribution in [3.63, 3.8) is 0 Å². The first kappa shape index (κ1) is 17.6. The third-order valence-electron chi connectivity index (χ3n) is 2.38. The number of ether oxygens (including phenoxy) is 1. The molecule has 1 aromatic rings. The lowest BCUT2D eigenvalue weighted by Gasteiger charge is -2.28. The van der Waals surface area contributed by atoms with Crippen molar-refractivity contribution >= 4 is 20.7 Å². The summed E-state index contributed by atoms with van der Waals surface area (Å²) < 4.78 is 22.6. The monoisotopic (exact) mass is 317 g/mol. The first-order valence-electron chi connectivity index (χ1n) is 6.87. The van der Waals surface area contributed by atoms with Crippen LogP contribution >= 0.6 is 0 Å². The fraction of sp³-hybridized carbons (Fsp3) is 0.727. The van der Waals surface area contributed by atoms with E-state index in [-0.39, 0.29) is 24.5 Å². The van der Waals surface area contributed by atoms with E-state index in [1.165, 1.54) is 0 Å². The van der Waals surface area contributed by atoms with Gasteiger partial charge in [0, 0.05) is 19.8 Å². The lowest BCUT2D eigenvalue weighted by molar-refractivity contribution is 0.0672. The topological polar surface area (TPSA) is 128 Å². The molecule has 9 nitrogen and oxygen atoms in total. The van der Waals surface area contributed by atoms with Crippen molar-refractivity contribution in [3.05, 3.63) is 0 Å². The van der Waals surface area contributed by atoms with Crippen LogP contribution in [0.25, 0.3) is 0 Å². The SMILES string of the molecule is CCO[Si](CCOc1nc(N)nc(N)n1)(OCC)OCC. The minimum Gasteiger partial charge on any atom is -0.463 e. The molecule has 0 bridgehead atoms. The van der Waals surface area contributed by atoms with Gasteiger partial charge in [0.25, 0.3) is 0 Å². The van der Waals surface area contributed by atoms with E-state index in [1.54, 1.807) is 0 Å². The molecule has 4 N–H and O–H groups in total. The van der Waals surface area contributed by atoms with E-state index in [2.05, 4.69) is 15.0 Å². The molecular formula is C11H23N5O4Si. The Morgan fingerprint density at radius 3 is 1.76 bits per heavy atom. The van der Waals surface area contributed by atoms with E-state index in [0.717, 1.165) is 0 Å². The highest BCUT2D eigenvalue weighted by molar-refractivity contribution is 6.60. The number of hydrogen-bond acceptors (Lipinski definition) is 9. The van der Waals surface area contributed by atoms with Crippen molar-refractivity contribution in [1.29, 1.82) is 0 Å². The molecule has 0 atom stereocenters. The zero-order chi connectivity index (χ0) is 15.7. The molecule has 0 fully saturated rings. The highest BCUT2D eigenvalue weighted by Gasteiger charge is 2.40. The Hall–Kier alpha value is -1.49. The molecule has 120 valence electrons. The molecule has 0 aliphatic heterocycles. The number of anilines is 2. The zero-order valence-electron chi connectivity index (χ0n) is 12.7. The summed E-state index contributed by atoms with van der Waals surface area (Å²) in [5.41, 5.74) is 10.9. The van der Waals surface area contributed by atoms with Crippen molar-refractivity contribution in [3.8, 4) is 6.01 Å². The second-order valence-electron chi connectivity index (χ2n) is 3.91. The van der Waals surface area contributed by atoms with E-state index in [0.29, 0.717) is 25.9 Å². The maximum absolute atomic E-state index is 5.71. The summed E-state index contributed by atoms with van der Waals surface area (Å²) in [5, 5.41) is 0. The summed E-state index contributed by atoms with van der Waals surface area (Å²) >= 11 is 0. The fourth-order valence-corrected chi connectivity index (χ4v) is 4.08. The zero-order valence-corrected chi connectivity index (χ0v) is 13.7. The molecule has 1 rings (SSSR count). The van der Waals surface area contributed by atoms with E-state index >= 15 is 0 Å². The molecule has 0 saturated heterocycles. The average Bonchev–Trinajstić information content (AvgIpc) is 2.38. The van der Waals surface area contributed by atoms with Gasteiger partial charge in [0.05, 0.1) is 12.7 Å². The molecule has 0 aliphatic carbocycles. The van der Waals surface area contributed by atoms with E-state index in [1.807, 2.05) is 20.8 Å². The number of nitrogens with zero attached hydrogens (tertiary/aromatic N) is 3. The smallest absolute Gasteiger partial charge is 0.463 e. The lowest BCUT2D eigenvalue weighted by Crippen LogP contribution is -2.47. The Balaban J connectivity index is 2.63. The van der Waals surface area contributed by atoms with Gasteiger partial charge in [-0.05, 0) is 20.8 Å². The Morgan fingerprint density at radius 1 is 0.857 bits per heavy atom. The first-order valence-corrected chi connectivity index (χ1v) is 8.80. The predicted molar refractivity (Wildman–Crippen MR) is 79.6 cm³/mol. The lowest BCUT2D eigenvalue weighted by atomic mass is 10.8. The van der Waals surface area contributed by atoms with Gasteiger partial charge in [-0.1, -0.05) is 0 Å². The summed E-state index contributed by atoms with van der Waals surface area (Å²) in [5.74, 6) is 0.0286. The normalized spacial score (nSPS) is 11.6. The second-order valence-corrected chi connectivity index (χ2v) is 6.65. The van der Waals surface area contributed by atoms with Crippen molar-refractivity contribution in [1.82, 2.24) is 15.0 Å². The van der Waals surface area contributed by atoms with Crippen LogP contribution in [0.4, 0.5) is 11.9 Å². The summed E-state index contributed by atoms with van der Waals surface area (Å²) in [4.78, 5) is 11.3. The highest BCUT2D eigenvalue weighted by Crippen LogP contribution is 2.17. The van der Waals surface area contributed by atoms with Crippen LogP contribution < -0.4 is 16.2 Å². The number of aromatic nitrogens is 3. The Labute approximate surface area is 125 Å². The van der Waals surface area contributed by atoms with Gasteiger partial charge in [-0.3, -0.25) is 0 Å². The maximum atomic E-state index is 5.71. The van der Waals surface area contributed by atoms with Crippen LogP contribution in [0.15, 0.2) is 0 Å². The van der Waals surface area contributed by atoms with Gasteiger partial charge in [-0.2, -0.15) is 15.0 Å². The number of nitrogens with two attached hydrogens (primary N) is 2. The first-order chi connectivity index (χ1) is 10.0. The van der Waals surface area contributed by atoms with Gasteiger partial charge in [0.2, 0.25) is 11.9 Å². The third-order valence-corrected chi connectivity index (χ3v) is 5.38. The van der Waals surface area contributed by atoms with Crippen LogP contribution in [0.2, 0.25) is 6.04 Å². The summed E-state index contributed by atoms with van der Waals surface area (Å²) in [6.45, 7) is 7.50. The quantitative estimate of drug-likeness (QED) is 0.591. The van der Waals surface area contributed by atoms with Crippen LogP contribution in [0.5, 0.6) is 6.01 Å². The second kappa shape index (κ2) is 8.72. The molecule has 1 heterocycles. The molecule has 0 aromatic carbocycles. The molecule has 0 aliphatic rings. The molecule has 10 heteroatoms. The average molecular weight is 317 g/mol. The third kappa shape index (κ3) is 5.79. The van der Waals surface area contributed by atoms with Crippen LogP contribution in [0, 0.1) is 0 Å². The van der Waals surface area contributed by atoms with Crippen molar-refractivity contribution in [2.24, 2.45) is 0 Å². The predicted octanol–water partition coefficient (Wildman–Crippen LogP) is 0.463. The van der Waals surface area contributed by atoms with Gasteiger partial charge < -0.3 is 29.5 Å². The molecule has 0 radical (unpaired) electrons. The van der Waals surface area contributed by atoms with Gasteiger partial charge in [-0.25, -0.2) is 0 Å². The van der Waals surface area contributed by atoms with Crippen LogP contribution in [-0.4, -0.2) is 50.2 Å². The molecule has 1 aromatic heterocycles. The number of rotatable bonds is 10. The van der Waals surface area contributed by atoms with Crippen molar-refractivity contribution < 1.29 is 18.0 Å². The molecule has 0 saturated carbocycles. The van der Waals surface area contributed by atoms with E-state index < -0.39 is 8.80 Å². The van der Waals surface area contributed by atoms with Crippen LogP contribution in [0.3, 0.4) is 0 Å².